The summed E-state index contributed by atoms with van der Waals surface area (Å²) in [5.74, 6) is -1.38. The summed E-state index contributed by atoms with van der Waals surface area (Å²) in [7, 11) is 1.67. The Labute approximate surface area is 232 Å². The number of hydrogen-bond donors (Lipinski definition) is 2. The number of alkyl halides is 2. The maximum absolute atomic E-state index is 15.3. The van der Waals surface area contributed by atoms with Crippen LogP contribution in [0, 0.1) is 11.2 Å². The zero-order valence-corrected chi connectivity index (χ0v) is 22.3. The normalized spacial score (nSPS) is 26.6. The number of pyridine rings is 1. The highest BCUT2D eigenvalue weighted by atomic mass is 19.3. The lowest BCUT2D eigenvalue weighted by atomic mass is 9.57. The monoisotopic (exact) mass is 564 g/mol. The van der Waals surface area contributed by atoms with E-state index in [1.54, 1.807) is 34.8 Å². The summed E-state index contributed by atoms with van der Waals surface area (Å²) in [4.78, 5) is 24.1. The average molecular weight is 565 g/mol. The number of aromatic nitrogens is 4. The first-order valence-corrected chi connectivity index (χ1v) is 13.3. The third kappa shape index (κ3) is 3.77. The molecule has 3 aliphatic rings. The van der Waals surface area contributed by atoms with Crippen molar-refractivity contribution in [1.29, 1.82) is 0 Å². The fraction of sp³-hybridized carbons (Fsp3) is 0.379. The van der Waals surface area contributed by atoms with Crippen LogP contribution in [0.25, 0.3) is 16.9 Å². The van der Waals surface area contributed by atoms with E-state index in [1.807, 2.05) is 6.92 Å². The van der Waals surface area contributed by atoms with E-state index in [0.29, 0.717) is 58.6 Å². The smallest absolute Gasteiger partial charge is 0.387 e. The zero-order valence-electron chi connectivity index (χ0n) is 22.3. The number of ether oxygens (including phenoxy) is 1. The molecule has 3 aromatic heterocycles. The molecule has 1 saturated carbocycles. The van der Waals surface area contributed by atoms with Crippen LogP contribution in [0.2, 0.25) is 0 Å². The molecular formula is C29H27F3N6O3. The van der Waals surface area contributed by atoms with Gasteiger partial charge in [0.2, 0.25) is 0 Å². The van der Waals surface area contributed by atoms with Gasteiger partial charge in [0.05, 0.1) is 28.7 Å². The Morgan fingerprint density at radius 3 is 2.73 bits per heavy atom. The number of nitrogens with two attached hydrogens (primary N) is 1. The highest BCUT2D eigenvalue weighted by Crippen LogP contribution is 2.54. The van der Waals surface area contributed by atoms with Crippen LogP contribution >= 0.6 is 0 Å². The van der Waals surface area contributed by atoms with Crippen molar-refractivity contribution in [2.75, 3.05) is 13.7 Å². The van der Waals surface area contributed by atoms with Gasteiger partial charge in [-0.15, -0.1) is 0 Å². The van der Waals surface area contributed by atoms with Crippen molar-refractivity contribution < 1.29 is 27.8 Å². The largest absolute Gasteiger partial charge is 0.434 e. The Morgan fingerprint density at radius 1 is 1.24 bits per heavy atom. The van der Waals surface area contributed by atoms with Crippen LogP contribution in [-0.4, -0.2) is 55.8 Å². The molecule has 12 heteroatoms. The van der Waals surface area contributed by atoms with E-state index in [2.05, 4.69) is 4.98 Å². The number of aliphatic hydroxyl groups excluding tert-OH is 1. The molecule has 0 saturated heterocycles. The second-order valence-corrected chi connectivity index (χ2v) is 11.7. The summed E-state index contributed by atoms with van der Waals surface area (Å²) in [5, 5.41) is 14.3. The van der Waals surface area contributed by atoms with Gasteiger partial charge < -0.3 is 20.5 Å². The summed E-state index contributed by atoms with van der Waals surface area (Å²) in [6.45, 7) is -1.19. The molecule has 3 N–H and O–H groups in total. The third-order valence-corrected chi connectivity index (χ3v) is 8.80. The van der Waals surface area contributed by atoms with Crippen LogP contribution in [0.1, 0.15) is 71.0 Å². The van der Waals surface area contributed by atoms with Crippen molar-refractivity contribution in [3.8, 4) is 17.0 Å². The van der Waals surface area contributed by atoms with Crippen LogP contribution in [0.15, 0.2) is 42.7 Å². The maximum Gasteiger partial charge on any atom is 0.387 e. The summed E-state index contributed by atoms with van der Waals surface area (Å²) < 4.78 is 48.5. The molecule has 2 unspecified atom stereocenters. The molecule has 2 aliphatic carbocycles. The molecule has 4 aromatic rings. The van der Waals surface area contributed by atoms with Crippen molar-refractivity contribution in [3.63, 3.8) is 0 Å². The van der Waals surface area contributed by atoms with Gasteiger partial charge in [-0.05, 0) is 48.9 Å². The SMILES string of the molecule is CN1C(=O)c2cccc(OC(F)F)c2C2CC1c1nn3ccc(-c4cnc(C5(N)CC(C)(CO)C5)c(F)c4)nc3c12. The minimum absolute atomic E-state index is 0.0305. The molecule has 0 spiro atoms. The molecule has 1 aliphatic heterocycles. The highest BCUT2D eigenvalue weighted by molar-refractivity contribution is 5.98. The van der Waals surface area contributed by atoms with Gasteiger partial charge in [-0.2, -0.15) is 13.9 Å². The Hall–Kier alpha value is -4.03. The van der Waals surface area contributed by atoms with Gasteiger partial charge in [0.15, 0.2) is 5.65 Å². The van der Waals surface area contributed by atoms with Gasteiger partial charge >= 0.3 is 6.61 Å². The fourth-order valence-corrected chi connectivity index (χ4v) is 7.08. The molecule has 7 rings (SSSR count). The van der Waals surface area contributed by atoms with Crippen molar-refractivity contribution in [1.82, 2.24) is 24.5 Å². The number of halogens is 3. The molecule has 1 fully saturated rings. The van der Waals surface area contributed by atoms with Gasteiger partial charge in [0.1, 0.15) is 11.6 Å². The Bertz CT molecular complexity index is 1730. The van der Waals surface area contributed by atoms with Gasteiger partial charge in [0.25, 0.3) is 5.91 Å². The van der Waals surface area contributed by atoms with Crippen LogP contribution in [-0.2, 0) is 5.54 Å². The number of carbonyl (C=O) groups is 1. The summed E-state index contributed by atoms with van der Waals surface area (Å²) >= 11 is 0. The van der Waals surface area contributed by atoms with Crippen molar-refractivity contribution >= 4 is 11.6 Å². The van der Waals surface area contributed by atoms with E-state index in [9.17, 15) is 18.7 Å². The minimum Gasteiger partial charge on any atom is -0.434 e. The van der Waals surface area contributed by atoms with E-state index in [-0.39, 0.29) is 35.4 Å². The first kappa shape index (κ1) is 25.9. The van der Waals surface area contributed by atoms with Gasteiger partial charge in [0, 0.05) is 54.2 Å². The van der Waals surface area contributed by atoms with Gasteiger partial charge in [-0.1, -0.05) is 13.0 Å². The molecule has 0 radical (unpaired) electrons. The van der Waals surface area contributed by atoms with Crippen molar-refractivity contribution in [2.24, 2.45) is 11.1 Å². The van der Waals surface area contributed by atoms with Crippen LogP contribution < -0.4 is 10.5 Å². The lowest BCUT2D eigenvalue weighted by Crippen LogP contribution is -2.56. The number of aliphatic hydroxyl groups is 1. The standard InChI is InChI=1S/C29H27F3N6O3/c1-28(13-39)11-29(33,12-28)24-17(30)8-14(10-34-24)18-6-7-38-25(35-18)22-16-9-19(23(22)36-38)37(2)26(40)15-4-3-5-20(21(15)16)41-27(31)32/h3-8,10,16,19,27,39H,9,11-13,33H2,1-2H3. The zero-order chi connectivity index (χ0) is 28.8. The van der Waals surface area contributed by atoms with Crippen molar-refractivity contribution in [3.05, 3.63) is 76.6 Å². The maximum atomic E-state index is 15.3. The lowest BCUT2D eigenvalue weighted by Gasteiger charge is -2.51. The van der Waals surface area contributed by atoms with E-state index in [4.69, 9.17) is 20.6 Å². The average Bonchev–Trinajstić information content (AvgIpc) is 3.44. The van der Waals surface area contributed by atoms with E-state index >= 15 is 4.39 Å². The first-order chi connectivity index (χ1) is 19.5. The number of rotatable bonds is 5. The predicted octanol–water partition coefficient (Wildman–Crippen LogP) is 4.14. The number of hydrogen-bond acceptors (Lipinski definition) is 7. The molecule has 1 amide bonds. The topological polar surface area (TPSA) is 119 Å². The van der Waals surface area contributed by atoms with Gasteiger partial charge in [-0.25, -0.2) is 13.9 Å². The minimum atomic E-state index is -3.06. The highest BCUT2D eigenvalue weighted by Gasteiger charge is 2.52. The molecule has 2 bridgehead atoms. The van der Waals surface area contributed by atoms with Crippen molar-refractivity contribution in [2.45, 2.75) is 50.3 Å². The molecule has 1 aromatic carbocycles. The van der Waals surface area contributed by atoms with E-state index < -0.39 is 23.9 Å². The van der Waals surface area contributed by atoms with E-state index in [0.717, 1.165) is 0 Å². The summed E-state index contributed by atoms with van der Waals surface area (Å²) in [6.07, 6.45) is 4.50. The predicted molar refractivity (Wildman–Crippen MR) is 141 cm³/mol. The Balaban J connectivity index is 1.32. The Morgan fingerprint density at radius 2 is 2.02 bits per heavy atom. The first-order valence-electron chi connectivity index (χ1n) is 13.3. The molecular weight excluding hydrogens is 537 g/mol. The van der Waals surface area contributed by atoms with Crippen LogP contribution in [0.5, 0.6) is 5.75 Å². The third-order valence-electron chi connectivity index (χ3n) is 8.80. The molecule has 9 nitrogen and oxygen atoms in total. The van der Waals surface area contributed by atoms with Gasteiger partial charge in [-0.3, -0.25) is 9.78 Å². The number of fused-ring (bicyclic) bond motifs is 9. The summed E-state index contributed by atoms with van der Waals surface area (Å²) in [5.41, 5.74) is 8.65. The number of carbonyl (C=O) groups excluding carboxylic acids is 1. The quantitative estimate of drug-likeness (QED) is 0.374. The second kappa shape index (κ2) is 8.73. The lowest BCUT2D eigenvalue weighted by molar-refractivity contribution is -0.0505. The Kier molecular flexibility index (Phi) is 5.52. The van der Waals surface area contributed by atoms with Crippen LogP contribution in [0.4, 0.5) is 13.2 Å². The fourth-order valence-electron chi connectivity index (χ4n) is 7.08. The van der Waals surface area contributed by atoms with Crippen LogP contribution in [0.3, 0.4) is 0 Å². The molecule has 4 heterocycles. The molecule has 41 heavy (non-hydrogen) atoms. The van der Waals surface area contributed by atoms with E-state index in [1.165, 1.54) is 24.4 Å². The number of nitrogens with zero attached hydrogens (tertiary/aromatic N) is 5. The number of benzene rings is 1. The summed E-state index contributed by atoms with van der Waals surface area (Å²) in [6, 6.07) is 7.23. The number of amides is 1. The second-order valence-electron chi connectivity index (χ2n) is 11.7. The molecule has 2 atom stereocenters. The molecule has 212 valence electrons.